The van der Waals surface area contributed by atoms with Crippen LogP contribution in [0, 0.1) is 5.82 Å². The lowest BCUT2D eigenvalue weighted by atomic mass is 10.2. The van der Waals surface area contributed by atoms with Crippen molar-refractivity contribution in [2.24, 2.45) is 0 Å². The maximum Gasteiger partial charge on any atom is 0.123 e. The molecule has 2 aromatic carbocycles. The number of nitrogens with zero attached hydrogens (tertiary/aromatic N) is 2. The Labute approximate surface area is 129 Å². The largest absolute Gasteiger partial charge is 0.296 e. The summed E-state index contributed by atoms with van der Waals surface area (Å²) in [7, 11) is 0. The van der Waals surface area contributed by atoms with E-state index in [0.717, 1.165) is 27.0 Å². The van der Waals surface area contributed by atoms with Gasteiger partial charge in [0.15, 0.2) is 0 Å². The third-order valence-corrected chi connectivity index (χ3v) is 3.77. The number of imidazole rings is 1. The van der Waals surface area contributed by atoms with Gasteiger partial charge >= 0.3 is 0 Å². The van der Waals surface area contributed by atoms with Crippen LogP contribution in [0.5, 0.6) is 0 Å². The topological polar surface area (TPSA) is 17.8 Å². The van der Waals surface area contributed by atoms with Gasteiger partial charge in [0, 0.05) is 22.5 Å². The second kappa shape index (κ2) is 5.54. The van der Waals surface area contributed by atoms with Crippen LogP contribution in [0.4, 0.5) is 4.39 Å². The van der Waals surface area contributed by atoms with Gasteiger partial charge in [0.1, 0.15) is 11.6 Å². The fraction of sp³-hybridized carbons (Fsp3) is 0.133. The minimum absolute atomic E-state index is 0.250. The standard InChI is InChI=1S/C15H11BrClFN2/c16-10-1-6-14-13(9-10)19-15(7-8-17)20(14)12-4-2-11(18)3-5-12/h1-6,9H,7-8H2. The molecule has 0 unspecified atom stereocenters. The molecule has 1 aromatic heterocycles. The smallest absolute Gasteiger partial charge is 0.123 e. The van der Waals surface area contributed by atoms with Gasteiger partial charge in [0.25, 0.3) is 0 Å². The van der Waals surface area contributed by atoms with Crippen LogP contribution in [0.15, 0.2) is 46.9 Å². The lowest BCUT2D eigenvalue weighted by Crippen LogP contribution is -2.02. The van der Waals surface area contributed by atoms with E-state index in [-0.39, 0.29) is 5.82 Å². The predicted molar refractivity (Wildman–Crippen MR) is 83.2 cm³/mol. The quantitative estimate of drug-likeness (QED) is 0.624. The molecular weight excluding hydrogens is 343 g/mol. The molecule has 102 valence electrons. The van der Waals surface area contributed by atoms with Crippen molar-refractivity contribution in [2.75, 3.05) is 5.88 Å². The van der Waals surface area contributed by atoms with E-state index < -0.39 is 0 Å². The number of halogens is 3. The molecule has 0 saturated carbocycles. The van der Waals surface area contributed by atoms with Gasteiger partial charge in [-0.05, 0) is 42.5 Å². The zero-order valence-electron chi connectivity index (χ0n) is 10.5. The number of benzene rings is 2. The second-order valence-electron chi connectivity index (χ2n) is 4.41. The van der Waals surface area contributed by atoms with Crippen molar-refractivity contribution >= 4 is 38.6 Å². The third-order valence-electron chi connectivity index (χ3n) is 3.09. The Balaban J connectivity index is 2.25. The molecule has 0 spiro atoms. The molecule has 0 saturated heterocycles. The van der Waals surface area contributed by atoms with E-state index in [1.54, 1.807) is 12.1 Å². The molecule has 3 rings (SSSR count). The lowest BCUT2D eigenvalue weighted by molar-refractivity contribution is 0.627. The summed E-state index contributed by atoms with van der Waals surface area (Å²) in [6, 6.07) is 12.3. The highest BCUT2D eigenvalue weighted by molar-refractivity contribution is 9.10. The van der Waals surface area contributed by atoms with Gasteiger partial charge in [-0.1, -0.05) is 15.9 Å². The van der Waals surface area contributed by atoms with Crippen molar-refractivity contribution in [3.63, 3.8) is 0 Å². The number of aryl methyl sites for hydroxylation is 1. The molecule has 1 heterocycles. The van der Waals surface area contributed by atoms with E-state index in [1.807, 2.05) is 22.8 Å². The first kappa shape index (κ1) is 13.6. The van der Waals surface area contributed by atoms with Crippen LogP contribution in [-0.2, 0) is 6.42 Å². The number of rotatable bonds is 3. The number of fused-ring (bicyclic) bond motifs is 1. The second-order valence-corrected chi connectivity index (χ2v) is 5.71. The SMILES string of the molecule is Fc1ccc(-n2c(CCCl)nc3cc(Br)ccc32)cc1. The van der Waals surface area contributed by atoms with Gasteiger partial charge in [0.2, 0.25) is 0 Å². The van der Waals surface area contributed by atoms with Crippen LogP contribution in [0.3, 0.4) is 0 Å². The summed E-state index contributed by atoms with van der Waals surface area (Å²) in [4.78, 5) is 4.62. The summed E-state index contributed by atoms with van der Waals surface area (Å²) in [5, 5.41) is 0. The zero-order chi connectivity index (χ0) is 14.1. The normalized spacial score (nSPS) is 11.2. The van der Waals surface area contributed by atoms with Crippen LogP contribution in [0.2, 0.25) is 0 Å². The van der Waals surface area contributed by atoms with Gasteiger partial charge in [-0.2, -0.15) is 0 Å². The molecule has 0 bridgehead atoms. The maximum atomic E-state index is 13.1. The van der Waals surface area contributed by atoms with Crippen molar-refractivity contribution < 1.29 is 4.39 Å². The molecule has 0 amide bonds. The number of alkyl halides is 1. The predicted octanol–water partition coefficient (Wildman–Crippen LogP) is 4.71. The Bertz CT molecular complexity index is 752. The highest BCUT2D eigenvalue weighted by atomic mass is 79.9. The van der Waals surface area contributed by atoms with Crippen molar-refractivity contribution in [3.8, 4) is 5.69 Å². The van der Waals surface area contributed by atoms with Gasteiger partial charge in [0.05, 0.1) is 11.0 Å². The minimum Gasteiger partial charge on any atom is -0.296 e. The van der Waals surface area contributed by atoms with E-state index in [9.17, 15) is 4.39 Å². The fourth-order valence-electron chi connectivity index (χ4n) is 2.23. The fourth-order valence-corrected chi connectivity index (χ4v) is 2.75. The molecule has 3 aromatic rings. The van der Waals surface area contributed by atoms with Crippen molar-refractivity contribution in [3.05, 3.63) is 58.6 Å². The Hall–Kier alpha value is -1.39. The highest BCUT2D eigenvalue weighted by Crippen LogP contribution is 2.25. The van der Waals surface area contributed by atoms with Crippen LogP contribution in [0.25, 0.3) is 16.7 Å². The number of hydrogen-bond acceptors (Lipinski definition) is 1. The lowest BCUT2D eigenvalue weighted by Gasteiger charge is -2.08. The first-order valence-corrected chi connectivity index (χ1v) is 7.50. The zero-order valence-corrected chi connectivity index (χ0v) is 12.8. The molecular formula is C15H11BrClFN2. The molecule has 0 aliphatic heterocycles. The molecule has 0 N–H and O–H groups in total. The highest BCUT2D eigenvalue weighted by Gasteiger charge is 2.12. The average Bonchev–Trinajstić information content (AvgIpc) is 2.77. The Morgan fingerprint density at radius 3 is 2.60 bits per heavy atom. The van der Waals surface area contributed by atoms with Gasteiger partial charge in [-0.25, -0.2) is 9.37 Å². The Morgan fingerprint density at radius 2 is 1.90 bits per heavy atom. The van der Waals surface area contributed by atoms with Crippen LogP contribution < -0.4 is 0 Å². The van der Waals surface area contributed by atoms with E-state index in [1.165, 1.54) is 12.1 Å². The number of aromatic nitrogens is 2. The van der Waals surface area contributed by atoms with Crippen LogP contribution >= 0.6 is 27.5 Å². The van der Waals surface area contributed by atoms with Crippen molar-refractivity contribution in [1.82, 2.24) is 9.55 Å². The molecule has 2 nitrogen and oxygen atoms in total. The van der Waals surface area contributed by atoms with Gasteiger partial charge in [-0.15, -0.1) is 11.6 Å². The summed E-state index contributed by atoms with van der Waals surface area (Å²) in [6.45, 7) is 0. The van der Waals surface area contributed by atoms with E-state index in [0.29, 0.717) is 12.3 Å². The maximum absolute atomic E-state index is 13.1. The average molecular weight is 354 g/mol. The minimum atomic E-state index is -0.250. The summed E-state index contributed by atoms with van der Waals surface area (Å²) < 4.78 is 16.1. The molecule has 0 aliphatic rings. The molecule has 0 aliphatic carbocycles. The molecule has 20 heavy (non-hydrogen) atoms. The van der Waals surface area contributed by atoms with Gasteiger partial charge < -0.3 is 0 Å². The van der Waals surface area contributed by atoms with Crippen molar-refractivity contribution in [1.29, 1.82) is 0 Å². The van der Waals surface area contributed by atoms with E-state index in [2.05, 4.69) is 20.9 Å². The number of hydrogen-bond donors (Lipinski definition) is 0. The monoisotopic (exact) mass is 352 g/mol. The van der Waals surface area contributed by atoms with Gasteiger partial charge in [-0.3, -0.25) is 4.57 Å². The molecule has 5 heteroatoms. The van der Waals surface area contributed by atoms with E-state index in [4.69, 9.17) is 11.6 Å². The molecule has 0 fully saturated rings. The summed E-state index contributed by atoms with van der Waals surface area (Å²) >= 11 is 9.30. The Kier molecular flexibility index (Phi) is 3.76. The first-order chi connectivity index (χ1) is 9.69. The molecule has 0 atom stereocenters. The van der Waals surface area contributed by atoms with E-state index >= 15 is 0 Å². The third kappa shape index (κ3) is 2.45. The Morgan fingerprint density at radius 1 is 1.15 bits per heavy atom. The summed E-state index contributed by atoms with van der Waals surface area (Å²) in [5.41, 5.74) is 2.76. The molecule has 0 radical (unpaired) electrons. The van der Waals surface area contributed by atoms with Crippen LogP contribution in [0.1, 0.15) is 5.82 Å². The summed E-state index contributed by atoms with van der Waals surface area (Å²) in [5.74, 6) is 1.12. The first-order valence-electron chi connectivity index (χ1n) is 6.18. The van der Waals surface area contributed by atoms with Crippen LogP contribution in [-0.4, -0.2) is 15.4 Å². The summed E-state index contributed by atoms with van der Waals surface area (Å²) in [6.07, 6.45) is 0.658. The van der Waals surface area contributed by atoms with Crippen molar-refractivity contribution in [2.45, 2.75) is 6.42 Å².